The van der Waals surface area contributed by atoms with Gasteiger partial charge in [-0.05, 0) is 44.4 Å². The second-order valence-corrected chi connectivity index (χ2v) is 7.67. The molecule has 2 heterocycles. The smallest absolute Gasteiger partial charge is 0.244 e. The average molecular weight is 374 g/mol. The van der Waals surface area contributed by atoms with E-state index in [-0.39, 0.29) is 4.90 Å². The zero-order chi connectivity index (χ0) is 18.6. The Labute approximate surface area is 153 Å². The fraction of sp³-hybridized carbons (Fsp3) is 0.333. The van der Waals surface area contributed by atoms with Gasteiger partial charge in [-0.1, -0.05) is 12.1 Å². The van der Waals surface area contributed by atoms with Crippen LogP contribution in [0.5, 0.6) is 5.75 Å². The summed E-state index contributed by atoms with van der Waals surface area (Å²) in [5.74, 6) is 0.367. The van der Waals surface area contributed by atoms with Crippen LogP contribution in [0.25, 0.3) is 5.65 Å². The lowest BCUT2D eigenvalue weighted by molar-refractivity contribution is 0.331. The summed E-state index contributed by atoms with van der Waals surface area (Å²) in [7, 11) is -3.61. The first-order valence-corrected chi connectivity index (χ1v) is 10.0. The van der Waals surface area contributed by atoms with Crippen molar-refractivity contribution in [2.24, 2.45) is 0 Å². The summed E-state index contributed by atoms with van der Waals surface area (Å²) >= 11 is 0. The predicted octanol–water partition coefficient (Wildman–Crippen LogP) is 2.35. The van der Waals surface area contributed by atoms with Gasteiger partial charge in [0.2, 0.25) is 10.0 Å². The van der Waals surface area contributed by atoms with Gasteiger partial charge in [0, 0.05) is 25.0 Å². The summed E-state index contributed by atoms with van der Waals surface area (Å²) in [6, 6.07) is 8.55. The van der Waals surface area contributed by atoms with Crippen LogP contribution >= 0.6 is 0 Å². The lowest BCUT2D eigenvalue weighted by Gasteiger charge is -2.11. The third-order valence-electron chi connectivity index (χ3n) is 3.86. The van der Waals surface area contributed by atoms with E-state index in [2.05, 4.69) is 14.8 Å². The standard InChI is InChI=1S/C18H22N4O3S/c1-3-25-16-8-4-5-9-17(16)26(23,24)20-10-6-7-15-12-19-18-11-14(2)21-22(18)13-15/h4-5,8-9,11-13,20H,3,6-7,10H2,1-2H3. The molecule has 26 heavy (non-hydrogen) atoms. The molecular formula is C18H22N4O3S. The van der Waals surface area contributed by atoms with Crippen LogP contribution in [0.3, 0.4) is 0 Å². The lowest BCUT2D eigenvalue weighted by atomic mass is 10.2. The zero-order valence-corrected chi connectivity index (χ0v) is 15.7. The van der Waals surface area contributed by atoms with Crippen molar-refractivity contribution in [3.05, 3.63) is 54.0 Å². The normalized spacial score (nSPS) is 11.8. The number of fused-ring (bicyclic) bond motifs is 1. The fourth-order valence-electron chi connectivity index (χ4n) is 2.69. The molecule has 0 saturated carbocycles. The third-order valence-corrected chi connectivity index (χ3v) is 5.36. The quantitative estimate of drug-likeness (QED) is 0.612. The van der Waals surface area contributed by atoms with Crippen LogP contribution in [-0.2, 0) is 16.4 Å². The lowest BCUT2D eigenvalue weighted by Crippen LogP contribution is -2.25. The molecule has 0 radical (unpaired) electrons. The topological polar surface area (TPSA) is 85.6 Å². The summed E-state index contributed by atoms with van der Waals surface area (Å²) in [6.45, 7) is 4.49. The molecule has 0 atom stereocenters. The number of rotatable bonds is 8. The fourth-order valence-corrected chi connectivity index (χ4v) is 3.90. The van der Waals surface area contributed by atoms with Crippen LogP contribution in [0.15, 0.2) is 47.6 Å². The molecule has 0 spiro atoms. The number of para-hydroxylation sites is 1. The van der Waals surface area contributed by atoms with Crippen molar-refractivity contribution in [2.45, 2.75) is 31.6 Å². The highest BCUT2D eigenvalue weighted by Crippen LogP contribution is 2.23. The molecule has 0 aliphatic carbocycles. The van der Waals surface area contributed by atoms with E-state index in [0.717, 1.165) is 16.9 Å². The Balaban J connectivity index is 1.60. The van der Waals surface area contributed by atoms with Gasteiger partial charge in [0.15, 0.2) is 5.65 Å². The Morgan fingerprint density at radius 2 is 2.08 bits per heavy atom. The molecule has 138 valence electrons. The molecule has 0 aliphatic rings. The molecule has 3 aromatic rings. The predicted molar refractivity (Wildman–Crippen MR) is 98.8 cm³/mol. The van der Waals surface area contributed by atoms with Gasteiger partial charge in [-0.3, -0.25) is 0 Å². The van der Waals surface area contributed by atoms with Gasteiger partial charge < -0.3 is 4.74 Å². The number of ether oxygens (including phenoxy) is 1. The maximum atomic E-state index is 12.5. The molecule has 8 heteroatoms. The van der Waals surface area contributed by atoms with E-state index in [9.17, 15) is 8.42 Å². The molecule has 0 saturated heterocycles. The Hall–Kier alpha value is -2.45. The van der Waals surface area contributed by atoms with Crippen LogP contribution in [0.1, 0.15) is 24.6 Å². The number of hydrogen-bond donors (Lipinski definition) is 1. The summed E-state index contributed by atoms with van der Waals surface area (Å²) in [5.41, 5.74) is 2.73. The maximum absolute atomic E-state index is 12.5. The molecular weight excluding hydrogens is 352 g/mol. The van der Waals surface area contributed by atoms with Gasteiger partial charge >= 0.3 is 0 Å². The molecule has 2 aromatic heterocycles. The molecule has 0 amide bonds. The second-order valence-electron chi connectivity index (χ2n) is 5.93. The van der Waals surface area contributed by atoms with Crippen molar-refractivity contribution >= 4 is 15.7 Å². The van der Waals surface area contributed by atoms with E-state index in [1.54, 1.807) is 35.0 Å². The first kappa shape index (κ1) is 18.3. The SMILES string of the molecule is CCOc1ccccc1S(=O)(=O)NCCCc1cnc2cc(C)nn2c1. The Morgan fingerprint density at radius 3 is 2.88 bits per heavy atom. The van der Waals surface area contributed by atoms with Crippen LogP contribution in [0, 0.1) is 6.92 Å². The van der Waals surface area contributed by atoms with E-state index in [0.29, 0.717) is 31.7 Å². The summed E-state index contributed by atoms with van der Waals surface area (Å²) < 4.78 is 34.8. The Bertz CT molecular complexity index is 999. The molecule has 3 rings (SSSR count). The molecule has 1 N–H and O–H groups in total. The number of nitrogens with zero attached hydrogens (tertiary/aromatic N) is 3. The van der Waals surface area contributed by atoms with Crippen LogP contribution in [0.2, 0.25) is 0 Å². The average Bonchev–Trinajstić information content (AvgIpc) is 2.99. The minimum absolute atomic E-state index is 0.164. The minimum atomic E-state index is -3.61. The van der Waals surface area contributed by atoms with E-state index in [4.69, 9.17) is 4.74 Å². The van der Waals surface area contributed by atoms with Gasteiger partial charge in [-0.25, -0.2) is 22.6 Å². The van der Waals surface area contributed by atoms with Gasteiger partial charge in [0.1, 0.15) is 10.6 Å². The minimum Gasteiger partial charge on any atom is -0.492 e. The highest BCUT2D eigenvalue weighted by Gasteiger charge is 2.18. The van der Waals surface area contributed by atoms with Gasteiger partial charge in [-0.15, -0.1) is 0 Å². The van der Waals surface area contributed by atoms with Gasteiger partial charge in [0.05, 0.1) is 12.3 Å². The summed E-state index contributed by atoms with van der Waals surface area (Å²) in [6.07, 6.45) is 5.09. The first-order valence-electron chi connectivity index (χ1n) is 8.52. The number of aryl methyl sites for hydroxylation is 2. The molecule has 0 aliphatic heterocycles. The van der Waals surface area contributed by atoms with Crippen LogP contribution in [-0.4, -0.2) is 36.2 Å². The maximum Gasteiger partial charge on any atom is 0.244 e. The van der Waals surface area contributed by atoms with E-state index in [1.807, 2.05) is 26.1 Å². The third kappa shape index (κ3) is 4.20. The molecule has 7 nitrogen and oxygen atoms in total. The van der Waals surface area contributed by atoms with Crippen molar-refractivity contribution in [1.82, 2.24) is 19.3 Å². The highest BCUT2D eigenvalue weighted by molar-refractivity contribution is 7.89. The van der Waals surface area contributed by atoms with Crippen molar-refractivity contribution in [3.63, 3.8) is 0 Å². The van der Waals surface area contributed by atoms with Crippen molar-refractivity contribution in [2.75, 3.05) is 13.2 Å². The molecule has 1 aromatic carbocycles. The van der Waals surface area contributed by atoms with Crippen molar-refractivity contribution in [1.29, 1.82) is 0 Å². The molecule has 0 fully saturated rings. The van der Waals surface area contributed by atoms with Crippen molar-refractivity contribution in [3.8, 4) is 5.75 Å². The number of benzene rings is 1. The number of hydrogen-bond acceptors (Lipinski definition) is 5. The van der Waals surface area contributed by atoms with Gasteiger partial charge in [-0.2, -0.15) is 5.10 Å². The number of nitrogens with one attached hydrogen (secondary N) is 1. The van der Waals surface area contributed by atoms with Crippen molar-refractivity contribution < 1.29 is 13.2 Å². The van der Waals surface area contributed by atoms with Gasteiger partial charge in [0.25, 0.3) is 0 Å². The van der Waals surface area contributed by atoms with Crippen LogP contribution < -0.4 is 9.46 Å². The van der Waals surface area contributed by atoms with E-state index in [1.165, 1.54) is 0 Å². The number of sulfonamides is 1. The molecule has 0 unspecified atom stereocenters. The Kier molecular flexibility index (Phi) is 5.53. The largest absolute Gasteiger partial charge is 0.492 e. The van der Waals surface area contributed by atoms with E-state index >= 15 is 0 Å². The zero-order valence-electron chi connectivity index (χ0n) is 14.8. The summed E-state index contributed by atoms with van der Waals surface area (Å²) in [4.78, 5) is 4.52. The van der Waals surface area contributed by atoms with E-state index < -0.39 is 10.0 Å². The first-order chi connectivity index (χ1) is 12.5. The van der Waals surface area contributed by atoms with Crippen LogP contribution in [0.4, 0.5) is 0 Å². The Morgan fingerprint density at radius 1 is 1.27 bits per heavy atom. The highest BCUT2D eigenvalue weighted by atomic mass is 32.2. The monoisotopic (exact) mass is 374 g/mol. The molecule has 0 bridgehead atoms. The number of aromatic nitrogens is 3. The second kappa shape index (κ2) is 7.84. The summed E-state index contributed by atoms with van der Waals surface area (Å²) in [5, 5.41) is 4.34.